The fourth-order valence-corrected chi connectivity index (χ4v) is 2.65. The second kappa shape index (κ2) is 7.91. The van der Waals surface area contributed by atoms with Crippen LogP contribution in [0.15, 0.2) is 36.4 Å². The first-order valence-corrected chi connectivity index (χ1v) is 8.21. The van der Waals surface area contributed by atoms with E-state index in [0.29, 0.717) is 5.69 Å². The van der Waals surface area contributed by atoms with E-state index in [9.17, 15) is 24.1 Å². The summed E-state index contributed by atoms with van der Waals surface area (Å²) < 4.78 is 28.2. The Hall–Kier alpha value is -3.69. The van der Waals surface area contributed by atoms with E-state index < -0.39 is 34.9 Å². The summed E-state index contributed by atoms with van der Waals surface area (Å²) in [5.41, 5.74) is -0.446. The summed E-state index contributed by atoms with van der Waals surface area (Å²) in [7, 11) is 0. The number of nitro benzene ring substituents is 1. The molecule has 0 saturated heterocycles. The number of amides is 1. The van der Waals surface area contributed by atoms with Crippen LogP contribution >= 0.6 is 0 Å². The van der Waals surface area contributed by atoms with Crippen LogP contribution in [-0.4, -0.2) is 36.7 Å². The van der Waals surface area contributed by atoms with Crippen LogP contribution in [0.25, 0.3) is 0 Å². The Morgan fingerprint density at radius 3 is 2.46 bits per heavy atom. The highest BCUT2D eigenvalue weighted by Gasteiger charge is 2.29. The maximum Gasteiger partial charge on any atom is 0.345 e. The van der Waals surface area contributed by atoms with Crippen LogP contribution in [0.2, 0.25) is 0 Å². The van der Waals surface area contributed by atoms with Crippen LogP contribution in [0.3, 0.4) is 0 Å². The molecule has 0 aliphatic carbocycles. The number of hydrogen-bond acceptors (Lipinski definition) is 7. The van der Waals surface area contributed by atoms with E-state index in [1.807, 2.05) is 0 Å². The van der Waals surface area contributed by atoms with Crippen LogP contribution in [0.5, 0.6) is 11.5 Å². The molecule has 1 amide bonds. The van der Waals surface area contributed by atoms with E-state index in [1.54, 1.807) is 6.92 Å². The molecule has 0 unspecified atom stereocenters. The standard InChI is InChI=1S/C18H15FN2O7/c1-2-20(12-5-3-11(19)4-6-12)17(22)9-26-18(23)13-7-15-16(28-10-27-15)8-14(13)21(24)25/h3-8H,2,9-10H2,1H3. The Kier molecular flexibility index (Phi) is 5.39. The predicted octanol–water partition coefficient (Wildman–Crippen LogP) is 2.67. The van der Waals surface area contributed by atoms with Crippen molar-refractivity contribution in [1.29, 1.82) is 0 Å². The molecule has 0 saturated carbocycles. The van der Waals surface area contributed by atoms with E-state index >= 15 is 0 Å². The smallest absolute Gasteiger partial charge is 0.345 e. The molecule has 2 aromatic rings. The Morgan fingerprint density at radius 1 is 1.21 bits per heavy atom. The molecule has 0 radical (unpaired) electrons. The Labute approximate surface area is 158 Å². The minimum absolute atomic E-state index is 0.118. The SMILES string of the molecule is CCN(C(=O)COC(=O)c1cc2c(cc1[N+](=O)[O-])OCO2)c1ccc(F)cc1. The van der Waals surface area contributed by atoms with Crippen molar-refractivity contribution in [3.05, 3.63) is 57.9 Å². The maximum absolute atomic E-state index is 13.0. The number of nitrogens with zero attached hydrogens (tertiary/aromatic N) is 2. The number of benzene rings is 2. The van der Waals surface area contributed by atoms with E-state index in [2.05, 4.69) is 0 Å². The lowest BCUT2D eigenvalue weighted by Gasteiger charge is -2.20. The molecule has 1 aliphatic heterocycles. The first kappa shape index (κ1) is 19.1. The van der Waals surface area contributed by atoms with Crippen molar-refractivity contribution >= 4 is 23.3 Å². The number of esters is 1. The maximum atomic E-state index is 13.0. The van der Waals surface area contributed by atoms with Crippen molar-refractivity contribution in [2.75, 3.05) is 24.8 Å². The van der Waals surface area contributed by atoms with Crippen LogP contribution in [-0.2, 0) is 9.53 Å². The fraction of sp³-hybridized carbons (Fsp3) is 0.222. The molecule has 1 heterocycles. The monoisotopic (exact) mass is 390 g/mol. The lowest BCUT2D eigenvalue weighted by atomic mass is 10.1. The molecule has 0 fully saturated rings. The molecule has 0 atom stereocenters. The van der Waals surface area contributed by atoms with Crippen LogP contribution in [0.1, 0.15) is 17.3 Å². The number of anilines is 1. The minimum Gasteiger partial charge on any atom is -0.454 e. The van der Waals surface area contributed by atoms with Gasteiger partial charge in [-0.05, 0) is 31.2 Å². The number of halogens is 1. The molecule has 0 bridgehead atoms. The molecular weight excluding hydrogens is 375 g/mol. The summed E-state index contributed by atoms with van der Waals surface area (Å²) in [4.78, 5) is 36.5. The van der Waals surface area contributed by atoms with Crippen molar-refractivity contribution in [3.63, 3.8) is 0 Å². The number of likely N-dealkylation sites (N-methyl/N-ethyl adjacent to an activating group) is 1. The lowest BCUT2D eigenvalue weighted by molar-refractivity contribution is -0.385. The zero-order chi connectivity index (χ0) is 20.3. The number of rotatable bonds is 6. The van der Waals surface area contributed by atoms with E-state index in [-0.39, 0.29) is 30.4 Å². The highest BCUT2D eigenvalue weighted by Crippen LogP contribution is 2.38. The predicted molar refractivity (Wildman–Crippen MR) is 93.9 cm³/mol. The van der Waals surface area contributed by atoms with Crippen molar-refractivity contribution in [1.82, 2.24) is 0 Å². The zero-order valence-electron chi connectivity index (χ0n) is 14.7. The second-order valence-corrected chi connectivity index (χ2v) is 5.67. The number of fused-ring (bicyclic) bond motifs is 1. The van der Waals surface area contributed by atoms with Gasteiger partial charge in [0.05, 0.1) is 11.0 Å². The van der Waals surface area contributed by atoms with Crippen LogP contribution in [0.4, 0.5) is 15.8 Å². The van der Waals surface area contributed by atoms with E-state index in [1.165, 1.54) is 29.2 Å². The number of nitro groups is 1. The Bertz CT molecular complexity index is 930. The summed E-state index contributed by atoms with van der Waals surface area (Å²) in [5, 5.41) is 11.2. The minimum atomic E-state index is -1.05. The Balaban J connectivity index is 1.73. The first-order valence-electron chi connectivity index (χ1n) is 8.21. The van der Waals surface area contributed by atoms with Gasteiger partial charge in [-0.1, -0.05) is 0 Å². The third-order valence-corrected chi connectivity index (χ3v) is 3.99. The van der Waals surface area contributed by atoms with Gasteiger partial charge in [-0.25, -0.2) is 9.18 Å². The third-order valence-electron chi connectivity index (χ3n) is 3.99. The molecule has 3 rings (SSSR count). The van der Waals surface area contributed by atoms with Gasteiger partial charge in [0.25, 0.3) is 11.6 Å². The average molecular weight is 390 g/mol. The van der Waals surface area contributed by atoms with Gasteiger partial charge in [-0.15, -0.1) is 0 Å². The van der Waals surface area contributed by atoms with Gasteiger partial charge in [0.1, 0.15) is 11.4 Å². The largest absolute Gasteiger partial charge is 0.454 e. The number of hydrogen-bond donors (Lipinski definition) is 0. The van der Waals surface area contributed by atoms with Gasteiger partial charge in [0.2, 0.25) is 6.79 Å². The normalized spacial score (nSPS) is 11.8. The molecular formula is C18H15FN2O7. The number of carbonyl (C=O) groups is 2. The second-order valence-electron chi connectivity index (χ2n) is 5.67. The van der Waals surface area contributed by atoms with Crippen molar-refractivity contribution in [2.24, 2.45) is 0 Å². The first-order chi connectivity index (χ1) is 13.4. The van der Waals surface area contributed by atoms with Crippen molar-refractivity contribution < 1.29 is 33.1 Å². The topological polar surface area (TPSA) is 108 Å². The molecule has 10 heteroatoms. The van der Waals surface area contributed by atoms with Gasteiger partial charge >= 0.3 is 5.97 Å². The van der Waals surface area contributed by atoms with Gasteiger partial charge in [0, 0.05) is 18.3 Å². The number of carbonyl (C=O) groups excluding carboxylic acids is 2. The summed E-state index contributed by atoms with van der Waals surface area (Å²) >= 11 is 0. The van der Waals surface area contributed by atoms with Crippen molar-refractivity contribution in [3.8, 4) is 11.5 Å². The summed E-state index contributed by atoms with van der Waals surface area (Å²) in [6, 6.07) is 7.45. The van der Waals surface area contributed by atoms with Crippen LogP contribution < -0.4 is 14.4 Å². The molecule has 0 spiro atoms. The average Bonchev–Trinajstić information content (AvgIpc) is 3.14. The molecule has 28 heavy (non-hydrogen) atoms. The quantitative estimate of drug-likeness (QED) is 0.424. The van der Waals surface area contributed by atoms with E-state index in [0.717, 1.165) is 12.1 Å². The zero-order valence-corrected chi connectivity index (χ0v) is 14.7. The third kappa shape index (κ3) is 3.85. The molecule has 1 aliphatic rings. The highest BCUT2D eigenvalue weighted by molar-refractivity contribution is 5.99. The van der Waals surface area contributed by atoms with Gasteiger partial charge in [-0.3, -0.25) is 14.9 Å². The molecule has 9 nitrogen and oxygen atoms in total. The Morgan fingerprint density at radius 2 is 1.86 bits per heavy atom. The van der Waals surface area contributed by atoms with E-state index in [4.69, 9.17) is 14.2 Å². The molecule has 146 valence electrons. The summed E-state index contributed by atoms with van der Waals surface area (Å²) in [5.74, 6) is -1.74. The van der Waals surface area contributed by atoms with Crippen molar-refractivity contribution in [2.45, 2.75) is 6.92 Å². The summed E-state index contributed by atoms with van der Waals surface area (Å²) in [6.07, 6.45) is 0. The van der Waals surface area contributed by atoms with Gasteiger partial charge in [-0.2, -0.15) is 0 Å². The highest BCUT2D eigenvalue weighted by atomic mass is 19.1. The lowest BCUT2D eigenvalue weighted by Crippen LogP contribution is -2.34. The van der Waals surface area contributed by atoms with Crippen LogP contribution in [0, 0.1) is 15.9 Å². The number of ether oxygens (including phenoxy) is 3. The molecule has 0 aromatic heterocycles. The fourth-order valence-electron chi connectivity index (χ4n) is 2.65. The molecule has 0 N–H and O–H groups in total. The van der Waals surface area contributed by atoms with Gasteiger partial charge < -0.3 is 19.1 Å². The van der Waals surface area contributed by atoms with Gasteiger partial charge in [0.15, 0.2) is 18.1 Å². The molecule has 2 aromatic carbocycles. The summed E-state index contributed by atoms with van der Waals surface area (Å²) in [6.45, 7) is 1.19.